The van der Waals surface area contributed by atoms with E-state index < -0.39 is 7.12 Å². The third-order valence-electron chi connectivity index (χ3n) is 4.11. The maximum Gasteiger partial charge on any atom is 0.495 e. The largest absolute Gasteiger partial charge is 0.495 e. The van der Waals surface area contributed by atoms with Gasteiger partial charge in [-0.1, -0.05) is 32.4 Å². The lowest BCUT2D eigenvalue weighted by atomic mass is 9.77. The molecule has 2 heterocycles. The van der Waals surface area contributed by atoms with E-state index in [4.69, 9.17) is 20.9 Å². The molecule has 1 fully saturated rings. The molecule has 5 heteroatoms. The van der Waals surface area contributed by atoms with E-state index in [2.05, 4.69) is 25.8 Å². The highest BCUT2D eigenvalue weighted by molar-refractivity contribution is 6.62. The summed E-state index contributed by atoms with van der Waals surface area (Å²) in [4.78, 5) is 4.40. The Kier molecular flexibility index (Phi) is 3.73. The van der Waals surface area contributed by atoms with Gasteiger partial charge in [-0.15, -0.1) is 0 Å². The Hall–Kier alpha value is -0.575. The molecule has 1 aromatic heterocycles. The average molecular weight is 296 g/mol. The summed E-state index contributed by atoms with van der Waals surface area (Å²) in [5.74, 6) is 0. The summed E-state index contributed by atoms with van der Waals surface area (Å²) in [5, 5.41) is 0.474. The molecule has 20 heavy (non-hydrogen) atoms. The molecule has 1 aliphatic rings. The summed E-state index contributed by atoms with van der Waals surface area (Å²) in [6.07, 6.45) is 0. The minimum atomic E-state index is -0.401. The Balaban J connectivity index is 2.38. The Morgan fingerprint density at radius 3 is 2.00 bits per heavy atom. The molecule has 0 spiro atoms. The molecule has 0 bridgehead atoms. The van der Waals surface area contributed by atoms with Gasteiger partial charge in [0.05, 0.1) is 11.2 Å². The fourth-order valence-corrected chi connectivity index (χ4v) is 2.23. The molecule has 0 saturated carbocycles. The maximum atomic E-state index is 6.15. The van der Waals surface area contributed by atoms with Crippen LogP contribution in [0.5, 0.6) is 0 Å². The Bertz CT molecular complexity index is 507. The van der Waals surface area contributed by atoms with Crippen LogP contribution in [0.15, 0.2) is 12.1 Å². The fraction of sp³-hybridized carbons (Fsp3) is 0.667. The van der Waals surface area contributed by atoms with Gasteiger partial charge in [-0.2, -0.15) is 0 Å². The first-order valence-electron chi connectivity index (χ1n) is 6.96. The summed E-state index contributed by atoms with van der Waals surface area (Å²) in [5.41, 5.74) is 1.09. The van der Waals surface area contributed by atoms with Crippen molar-refractivity contribution in [2.24, 2.45) is 0 Å². The quantitative estimate of drug-likeness (QED) is 0.588. The zero-order valence-corrected chi connectivity index (χ0v) is 14.1. The fourth-order valence-electron chi connectivity index (χ4n) is 2.02. The van der Waals surface area contributed by atoms with Gasteiger partial charge in [0, 0.05) is 11.1 Å². The van der Waals surface area contributed by atoms with Crippen LogP contribution in [-0.4, -0.2) is 23.3 Å². The van der Waals surface area contributed by atoms with Crippen LogP contribution >= 0.6 is 11.6 Å². The van der Waals surface area contributed by atoms with E-state index in [1.807, 2.05) is 39.8 Å². The normalized spacial score (nSPS) is 21.3. The SMILES string of the molecule is CC(C)(C)c1cc(B2OC(C)(C)C(C)(C)O2)cc(Cl)n1. The maximum absolute atomic E-state index is 6.15. The van der Waals surface area contributed by atoms with Crippen molar-refractivity contribution in [2.75, 3.05) is 0 Å². The zero-order chi connectivity index (χ0) is 15.3. The van der Waals surface area contributed by atoms with Crippen LogP contribution in [0.1, 0.15) is 54.2 Å². The molecule has 0 unspecified atom stereocenters. The molecule has 0 atom stereocenters. The second kappa shape index (κ2) is 4.72. The van der Waals surface area contributed by atoms with Crippen molar-refractivity contribution < 1.29 is 9.31 Å². The van der Waals surface area contributed by atoms with E-state index in [0.717, 1.165) is 11.2 Å². The lowest BCUT2D eigenvalue weighted by Gasteiger charge is -2.32. The van der Waals surface area contributed by atoms with Crippen LogP contribution < -0.4 is 5.46 Å². The number of halogens is 1. The van der Waals surface area contributed by atoms with Gasteiger partial charge in [0.15, 0.2) is 0 Å². The standard InChI is InChI=1S/C15H23BClNO2/c1-13(2,3)11-8-10(9-12(17)18-11)16-19-14(4,5)15(6,7)20-16/h8-9H,1-7H3. The summed E-state index contributed by atoms with van der Waals surface area (Å²) < 4.78 is 12.1. The van der Waals surface area contributed by atoms with Gasteiger partial charge in [0.1, 0.15) is 5.15 Å². The highest BCUT2D eigenvalue weighted by Gasteiger charge is 2.51. The third-order valence-corrected chi connectivity index (χ3v) is 4.30. The molecular weight excluding hydrogens is 272 g/mol. The highest BCUT2D eigenvalue weighted by Crippen LogP contribution is 2.36. The predicted molar refractivity (Wildman–Crippen MR) is 83.7 cm³/mol. The van der Waals surface area contributed by atoms with Crippen molar-refractivity contribution in [1.82, 2.24) is 4.98 Å². The van der Waals surface area contributed by atoms with E-state index in [-0.39, 0.29) is 16.6 Å². The second-order valence-electron chi connectivity index (χ2n) is 7.45. The van der Waals surface area contributed by atoms with Gasteiger partial charge >= 0.3 is 7.12 Å². The van der Waals surface area contributed by atoms with Gasteiger partial charge in [-0.25, -0.2) is 4.98 Å². The van der Waals surface area contributed by atoms with Crippen LogP contribution in [0, 0.1) is 0 Å². The van der Waals surface area contributed by atoms with Crippen molar-refractivity contribution in [1.29, 1.82) is 0 Å². The van der Waals surface area contributed by atoms with Crippen molar-refractivity contribution >= 4 is 24.2 Å². The number of rotatable bonds is 1. The molecule has 110 valence electrons. The first-order valence-corrected chi connectivity index (χ1v) is 7.34. The van der Waals surface area contributed by atoms with E-state index in [1.165, 1.54) is 0 Å². The van der Waals surface area contributed by atoms with Crippen LogP contribution in [0.25, 0.3) is 0 Å². The van der Waals surface area contributed by atoms with Crippen molar-refractivity contribution in [3.05, 3.63) is 23.0 Å². The molecular formula is C15H23BClNO2. The van der Waals surface area contributed by atoms with Gasteiger partial charge in [-0.05, 0) is 45.3 Å². The summed E-state index contributed by atoms with van der Waals surface area (Å²) in [6.45, 7) is 14.5. The Labute approximate surface area is 127 Å². The van der Waals surface area contributed by atoms with Gasteiger partial charge < -0.3 is 9.31 Å². The monoisotopic (exact) mass is 295 g/mol. The molecule has 1 aromatic rings. The molecule has 1 saturated heterocycles. The molecule has 1 aliphatic heterocycles. The number of hydrogen-bond donors (Lipinski definition) is 0. The van der Waals surface area contributed by atoms with Crippen LogP contribution in [0.4, 0.5) is 0 Å². The molecule has 0 aromatic carbocycles. The molecule has 0 aliphatic carbocycles. The van der Waals surface area contributed by atoms with E-state index in [0.29, 0.717) is 5.15 Å². The lowest BCUT2D eigenvalue weighted by Crippen LogP contribution is -2.41. The minimum absolute atomic E-state index is 0.0662. The second-order valence-corrected chi connectivity index (χ2v) is 7.83. The molecule has 0 radical (unpaired) electrons. The first kappa shape index (κ1) is 15.8. The zero-order valence-electron chi connectivity index (χ0n) is 13.4. The Morgan fingerprint density at radius 2 is 1.55 bits per heavy atom. The number of nitrogens with zero attached hydrogens (tertiary/aromatic N) is 1. The van der Waals surface area contributed by atoms with E-state index >= 15 is 0 Å². The summed E-state index contributed by atoms with van der Waals surface area (Å²) >= 11 is 6.15. The first-order chi connectivity index (χ1) is 8.92. The van der Waals surface area contributed by atoms with E-state index in [9.17, 15) is 0 Å². The predicted octanol–water partition coefficient (Wildman–Crippen LogP) is 3.33. The Morgan fingerprint density at radius 1 is 1.05 bits per heavy atom. The van der Waals surface area contributed by atoms with Crippen LogP contribution in [0.3, 0.4) is 0 Å². The van der Waals surface area contributed by atoms with Crippen molar-refractivity contribution in [2.45, 2.75) is 65.1 Å². The summed E-state index contributed by atoms with van der Waals surface area (Å²) in [7, 11) is -0.401. The molecule has 0 N–H and O–H groups in total. The molecule has 3 nitrogen and oxygen atoms in total. The minimum Gasteiger partial charge on any atom is -0.399 e. The van der Waals surface area contributed by atoms with E-state index in [1.54, 1.807) is 0 Å². The number of pyridine rings is 1. The average Bonchev–Trinajstić information content (AvgIpc) is 2.46. The van der Waals surface area contributed by atoms with Crippen LogP contribution in [0.2, 0.25) is 5.15 Å². The third kappa shape index (κ3) is 2.88. The number of aromatic nitrogens is 1. The highest BCUT2D eigenvalue weighted by atomic mass is 35.5. The summed E-state index contributed by atoms with van der Waals surface area (Å²) in [6, 6.07) is 3.84. The van der Waals surface area contributed by atoms with Gasteiger partial charge in [0.25, 0.3) is 0 Å². The smallest absolute Gasteiger partial charge is 0.399 e. The van der Waals surface area contributed by atoms with Crippen LogP contribution in [-0.2, 0) is 14.7 Å². The number of hydrogen-bond acceptors (Lipinski definition) is 3. The van der Waals surface area contributed by atoms with Gasteiger partial charge in [0.2, 0.25) is 0 Å². The molecule has 0 amide bonds. The van der Waals surface area contributed by atoms with Crippen molar-refractivity contribution in [3.63, 3.8) is 0 Å². The lowest BCUT2D eigenvalue weighted by molar-refractivity contribution is 0.00578. The topological polar surface area (TPSA) is 31.4 Å². The van der Waals surface area contributed by atoms with Gasteiger partial charge in [-0.3, -0.25) is 0 Å². The molecule has 2 rings (SSSR count). The van der Waals surface area contributed by atoms with Crippen molar-refractivity contribution in [3.8, 4) is 0 Å².